The van der Waals surface area contributed by atoms with E-state index >= 15 is 0 Å². The number of pyridine rings is 1. The smallest absolute Gasteiger partial charge is 0.416 e. The van der Waals surface area contributed by atoms with Crippen molar-refractivity contribution in [2.75, 3.05) is 0 Å². The fourth-order valence-electron chi connectivity index (χ4n) is 4.91. The maximum absolute atomic E-state index is 13.0. The van der Waals surface area contributed by atoms with Gasteiger partial charge in [0.05, 0.1) is 16.6 Å². The first-order valence-corrected chi connectivity index (χ1v) is 11.6. The van der Waals surface area contributed by atoms with Crippen molar-refractivity contribution < 1.29 is 23.1 Å². The number of imidazole rings is 1. The Hall–Kier alpha value is -3.68. The number of H-pyrrole nitrogens is 1. The van der Waals surface area contributed by atoms with Crippen molar-refractivity contribution in [1.29, 1.82) is 0 Å². The third-order valence-electron chi connectivity index (χ3n) is 6.84. The molecule has 0 bridgehead atoms. The number of fused-ring (bicyclic) bond motifs is 1. The summed E-state index contributed by atoms with van der Waals surface area (Å²) in [5.74, 6) is 0.444. The molecule has 1 fully saturated rings. The SMILES string of the molecule is O=C(O)CC1CCC(c2ccc(-c3ccc(-c4nc5ccc(C(F)(F)F)cc5[nH]4)nc3)cc2)CC1. The number of aliphatic carboxylic acids is 1. The van der Waals surface area contributed by atoms with Crippen LogP contribution in [0.25, 0.3) is 33.7 Å². The van der Waals surface area contributed by atoms with Gasteiger partial charge in [0, 0.05) is 18.2 Å². The minimum Gasteiger partial charge on any atom is -0.481 e. The molecule has 0 amide bonds. The third kappa shape index (κ3) is 5.06. The Morgan fingerprint density at radius 3 is 2.31 bits per heavy atom. The lowest BCUT2D eigenvalue weighted by molar-refractivity contribution is -0.138. The van der Waals surface area contributed by atoms with Gasteiger partial charge in [0.15, 0.2) is 5.82 Å². The lowest BCUT2D eigenvalue weighted by Gasteiger charge is -2.28. The molecule has 5 rings (SSSR count). The Balaban J connectivity index is 1.28. The van der Waals surface area contributed by atoms with Crippen LogP contribution < -0.4 is 0 Å². The number of carboxylic acids is 1. The second kappa shape index (κ2) is 9.17. The zero-order valence-corrected chi connectivity index (χ0v) is 18.8. The maximum atomic E-state index is 13.0. The highest BCUT2D eigenvalue weighted by Crippen LogP contribution is 2.38. The molecule has 0 radical (unpaired) electrons. The molecule has 8 heteroatoms. The van der Waals surface area contributed by atoms with E-state index in [-0.39, 0.29) is 12.3 Å². The van der Waals surface area contributed by atoms with Gasteiger partial charge in [-0.15, -0.1) is 0 Å². The molecule has 5 nitrogen and oxygen atoms in total. The first kappa shape index (κ1) is 23.1. The Bertz CT molecular complexity index is 1340. The van der Waals surface area contributed by atoms with E-state index in [1.54, 1.807) is 12.3 Å². The number of benzene rings is 2. The molecule has 0 unspecified atom stereocenters. The van der Waals surface area contributed by atoms with Crippen molar-refractivity contribution in [1.82, 2.24) is 15.0 Å². The van der Waals surface area contributed by atoms with Gasteiger partial charge in [-0.25, -0.2) is 4.98 Å². The number of nitrogens with zero attached hydrogens (tertiary/aromatic N) is 2. The van der Waals surface area contributed by atoms with Crippen molar-refractivity contribution in [3.63, 3.8) is 0 Å². The molecule has 2 aromatic heterocycles. The van der Waals surface area contributed by atoms with Crippen LogP contribution in [-0.4, -0.2) is 26.0 Å². The lowest BCUT2D eigenvalue weighted by Crippen LogP contribution is -2.16. The summed E-state index contributed by atoms with van der Waals surface area (Å²) in [7, 11) is 0. The summed E-state index contributed by atoms with van der Waals surface area (Å²) in [6, 6.07) is 15.5. The van der Waals surface area contributed by atoms with Crippen LogP contribution in [0.5, 0.6) is 0 Å². The standard InChI is InChI=1S/C27H24F3N3O2/c28-27(29,30)21-10-12-22-24(14-21)33-26(32-22)23-11-9-20(15-31-23)19-7-5-18(6-8-19)17-3-1-16(2-4-17)13-25(34)35/h5-12,14-17H,1-4,13H2,(H,32,33)(H,34,35). The average Bonchev–Trinajstić information content (AvgIpc) is 3.28. The van der Waals surface area contributed by atoms with Crippen LogP contribution in [0.2, 0.25) is 0 Å². The number of nitrogens with one attached hydrogen (secondary N) is 1. The maximum Gasteiger partial charge on any atom is 0.416 e. The molecule has 35 heavy (non-hydrogen) atoms. The van der Waals surface area contributed by atoms with Crippen LogP contribution >= 0.6 is 0 Å². The lowest BCUT2D eigenvalue weighted by atomic mass is 9.77. The monoisotopic (exact) mass is 479 g/mol. The normalized spacial score (nSPS) is 18.6. The summed E-state index contributed by atoms with van der Waals surface area (Å²) < 4.78 is 38.9. The van der Waals surface area contributed by atoms with Crippen LogP contribution in [0.3, 0.4) is 0 Å². The van der Waals surface area contributed by atoms with Gasteiger partial charge in [0.2, 0.25) is 0 Å². The summed E-state index contributed by atoms with van der Waals surface area (Å²) in [5, 5.41) is 8.99. The van der Waals surface area contributed by atoms with Gasteiger partial charge in [-0.3, -0.25) is 9.78 Å². The highest BCUT2D eigenvalue weighted by molar-refractivity contribution is 5.80. The van der Waals surface area contributed by atoms with Gasteiger partial charge in [-0.2, -0.15) is 13.2 Å². The number of hydrogen-bond donors (Lipinski definition) is 2. The van der Waals surface area contributed by atoms with Crippen LogP contribution in [0, 0.1) is 5.92 Å². The topological polar surface area (TPSA) is 78.9 Å². The molecule has 0 aliphatic heterocycles. The first-order valence-electron chi connectivity index (χ1n) is 11.6. The number of rotatable bonds is 5. The van der Waals surface area contributed by atoms with E-state index in [1.807, 2.05) is 6.07 Å². The Morgan fingerprint density at radius 1 is 0.971 bits per heavy atom. The summed E-state index contributed by atoms with van der Waals surface area (Å²) in [4.78, 5) is 22.7. The predicted molar refractivity (Wildman–Crippen MR) is 127 cm³/mol. The van der Waals surface area contributed by atoms with E-state index < -0.39 is 17.7 Å². The predicted octanol–water partition coefficient (Wildman–Crippen LogP) is 7.06. The molecule has 2 heterocycles. The summed E-state index contributed by atoms with van der Waals surface area (Å²) in [6.07, 6.45) is 1.50. The summed E-state index contributed by atoms with van der Waals surface area (Å²) in [6.45, 7) is 0. The molecule has 1 aliphatic rings. The van der Waals surface area contributed by atoms with Crippen molar-refractivity contribution in [2.45, 2.75) is 44.2 Å². The van der Waals surface area contributed by atoms with Gasteiger partial charge >= 0.3 is 12.1 Å². The fourth-order valence-corrected chi connectivity index (χ4v) is 4.91. The van der Waals surface area contributed by atoms with Crippen molar-refractivity contribution in [2.24, 2.45) is 5.92 Å². The van der Waals surface area contributed by atoms with Crippen molar-refractivity contribution in [3.8, 4) is 22.6 Å². The van der Waals surface area contributed by atoms with E-state index in [0.717, 1.165) is 48.9 Å². The quantitative estimate of drug-likeness (QED) is 0.321. The first-order chi connectivity index (χ1) is 16.8. The summed E-state index contributed by atoms with van der Waals surface area (Å²) in [5.41, 5.74) is 3.81. The Labute approximate surface area is 200 Å². The molecule has 180 valence electrons. The zero-order chi connectivity index (χ0) is 24.6. The molecule has 2 N–H and O–H groups in total. The molecule has 4 aromatic rings. The molecule has 0 atom stereocenters. The molecular weight excluding hydrogens is 455 g/mol. The van der Waals surface area contributed by atoms with E-state index in [9.17, 15) is 18.0 Å². The van der Waals surface area contributed by atoms with Crippen LogP contribution in [-0.2, 0) is 11.0 Å². The number of aromatic amines is 1. The zero-order valence-electron chi connectivity index (χ0n) is 18.8. The largest absolute Gasteiger partial charge is 0.481 e. The van der Waals surface area contributed by atoms with Gasteiger partial charge in [-0.1, -0.05) is 30.3 Å². The molecule has 0 saturated heterocycles. The second-order valence-electron chi connectivity index (χ2n) is 9.18. The number of hydrogen-bond acceptors (Lipinski definition) is 3. The summed E-state index contributed by atoms with van der Waals surface area (Å²) >= 11 is 0. The molecule has 1 saturated carbocycles. The fraction of sp³-hybridized carbons (Fsp3) is 0.296. The molecular formula is C27H24F3N3O2. The minimum atomic E-state index is -4.41. The van der Waals surface area contributed by atoms with Gasteiger partial charge in [0.25, 0.3) is 0 Å². The highest BCUT2D eigenvalue weighted by Gasteiger charge is 2.30. The number of aromatic nitrogens is 3. The molecule has 0 spiro atoms. The van der Waals surface area contributed by atoms with Crippen LogP contribution in [0.1, 0.15) is 49.1 Å². The highest BCUT2D eigenvalue weighted by atomic mass is 19.4. The van der Waals surface area contributed by atoms with Gasteiger partial charge < -0.3 is 10.1 Å². The molecule has 1 aliphatic carbocycles. The number of carboxylic acid groups (broad SMARTS) is 1. The van der Waals surface area contributed by atoms with Crippen molar-refractivity contribution in [3.05, 3.63) is 71.9 Å². The van der Waals surface area contributed by atoms with Gasteiger partial charge in [-0.05, 0) is 72.9 Å². The van der Waals surface area contributed by atoms with Gasteiger partial charge in [0.1, 0.15) is 5.69 Å². The number of carbonyl (C=O) groups is 1. The van der Waals surface area contributed by atoms with Crippen molar-refractivity contribution >= 4 is 17.0 Å². The molecule has 2 aromatic carbocycles. The van der Waals surface area contributed by atoms with Crippen LogP contribution in [0.15, 0.2) is 60.8 Å². The van der Waals surface area contributed by atoms with E-state index in [2.05, 4.69) is 39.2 Å². The van der Waals surface area contributed by atoms with E-state index in [1.165, 1.54) is 11.6 Å². The Morgan fingerprint density at radius 2 is 1.69 bits per heavy atom. The average molecular weight is 480 g/mol. The third-order valence-corrected chi connectivity index (χ3v) is 6.84. The van der Waals surface area contributed by atoms with Crippen LogP contribution in [0.4, 0.5) is 13.2 Å². The minimum absolute atomic E-state index is 0.261. The number of halogens is 3. The van der Waals surface area contributed by atoms with E-state index in [0.29, 0.717) is 28.5 Å². The van der Waals surface area contributed by atoms with E-state index in [4.69, 9.17) is 5.11 Å². The second-order valence-corrected chi connectivity index (χ2v) is 9.18. The number of alkyl halides is 3. The Kier molecular flexibility index (Phi) is 6.05.